The van der Waals surface area contributed by atoms with Gasteiger partial charge in [-0.05, 0) is 108 Å². The highest BCUT2D eigenvalue weighted by molar-refractivity contribution is 5.95. The van der Waals surface area contributed by atoms with Gasteiger partial charge in [-0.1, -0.05) is 169 Å². The first kappa shape index (κ1) is 39.1. The predicted molar refractivity (Wildman–Crippen MR) is 239 cm³/mol. The van der Waals surface area contributed by atoms with Crippen molar-refractivity contribution in [1.82, 2.24) is 0 Å². The van der Waals surface area contributed by atoms with Crippen LogP contribution in [-0.4, -0.2) is 13.1 Å². The van der Waals surface area contributed by atoms with Crippen LogP contribution in [0.4, 0.5) is 11.4 Å². The Morgan fingerprint density at radius 2 is 1.18 bits per heavy atom. The zero-order valence-corrected chi connectivity index (χ0v) is 34.4. The van der Waals surface area contributed by atoms with Crippen molar-refractivity contribution in [2.75, 3.05) is 18.0 Å². The van der Waals surface area contributed by atoms with Crippen molar-refractivity contribution < 1.29 is 5.32 Å². The van der Waals surface area contributed by atoms with Gasteiger partial charge in [-0.2, -0.15) is 0 Å². The van der Waals surface area contributed by atoms with E-state index in [4.69, 9.17) is 0 Å². The Balaban J connectivity index is 1.08. The lowest BCUT2D eigenvalue weighted by atomic mass is 9.65. The highest BCUT2D eigenvalue weighted by Crippen LogP contribution is 2.57. The zero-order valence-electron chi connectivity index (χ0n) is 34.4. The first-order chi connectivity index (χ1) is 26.9. The molecule has 288 valence electrons. The van der Waals surface area contributed by atoms with Crippen LogP contribution in [0.3, 0.4) is 0 Å². The molecule has 0 amide bonds. The molecule has 2 N–H and O–H groups in total. The van der Waals surface area contributed by atoms with E-state index < -0.39 is 0 Å². The number of hydrogen-bond donors (Lipinski definition) is 1. The van der Waals surface area contributed by atoms with Crippen molar-refractivity contribution in [3.05, 3.63) is 144 Å². The van der Waals surface area contributed by atoms with Crippen molar-refractivity contribution in [3.8, 4) is 0 Å². The summed E-state index contributed by atoms with van der Waals surface area (Å²) in [5, 5.41) is 8.21. The summed E-state index contributed by atoms with van der Waals surface area (Å²) in [7, 11) is 0. The molecule has 0 bridgehead atoms. The predicted octanol–water partition coefficient (Wildman–Crippen LogP) is 13.7. The summed E-state index contributed by atoms with van der Waals surface area (Å²) in [6.07, 6.45) is 37.1. The molecule has 2 aliphatic carbocycles. The van der Waals surface area contributed by atoms with Gasteiger partial charge >= 0.3 is 0 Å². The first-order valence-corrected chi connectivity index (χ1v) is 21.9. The molecule has 2 heteroatoms. The number of quaternary nitrogens is 1. The van der Waals surface area contributed by atoms with Crippen molar-refractivity contribution in [3.63, 3.8) is 0 Å². The van der Waals surface area contributed by atoms with Crippen LogP contribution >= 0.6 is 0 Å². The summed E-state index contributed by atoms with van der Waals surface area (Å²) in [5.74, 6) is 1.40. The summed E-state index contributed by atoms with van der Waals surface area (Å²) in [6, 6.07) is 27.7. The van der Waals surface area contributed by atoms with E-state index in [1.54, 1.807) is 11.1 Å². The normalized spacial score (nSPS) is 19.3. The Kier molecular flexibility index (Phi) is 12.9. The number of nitrogens with zero attached hydrogens (tertiary/aromatic N) is 1. The van der Waals surface area contributed by atoms with Gasteiger partial charge in [0.25, 0.3) is 0 Å². The number of hydrogen-bond acceptors (Lipinski definition) is 1. The highest BCUT2D eigenvalue weighted by atomic mass is 15.2. The van der Waals surface area contributed by atoms with Gasteiger partial charge in [-0.15, -0.1) is 0 Å². The fourth-order valence-corrected chi connectivity index (χ4v) is 10.3. The lowest BCUT2D eigenvalue weighted by Crippen LogP contribution is -2.79. The van der Waals surface area contributed by atoms with Gasteiger partial charge in [0, 0.05) is 34.3 Å². The van der Waals surface area contributed by atoms with Crippen LogP contribution in [-0.2, 0) is 10.8 Å². The van der Waals surface area contributed by atoms with Crippen molar-refractivity contribution in [1.29, 1.82) is 0 Å². The third kappa shape index (κ3) is 8.66. The molecule has 0 unspecified atom stereocenters. The van der Waals surface area contributed by atoms with Crippen LogP contribution in [0.2, 0.25) is 0 Å². The summed E-state index contributed by atoms with van der Waals surface area (Å²) < 4.78 is 0. The molecule has 2 fully saturated rings. The Labute approximate surface area is 333 Å². The smallest absolute Gasteiger partial charge is 0.134 e. The number of fused-ring (bicyclic) bond motifs is 5. The number of anilines is 1. The topological polar surface area (TPSA) is 19.9 Å². The molecule has 3 aliphatic rings. The molecule has 1 heterocycles. The summed E-state index contributed by atoms with van der Waals surface area (Å²) in [4.78, 5) is 2.69. The molecular formula is C53H67N2+. The number of allylic oxidation sites excluding steroid dienone is 10. The largest absolute Gasteiger partial charge is 0.344 e. The minimum Gasteiger partial charge on any atom is -0.344 e. The van der Waals surface area contributed by atoms with E-state index in [0.29, 0.717) is 5.92 Å². The summed E-state index contributed by atoms with van der Waals surface area (Å²) in [6.45, 7) is 11.6. The minimum absolute atomic E-state index is 0.110. The van der Waals surface area contributed by atoms with Crippen LogP contribution in [0.15, 0.2) is 133 Å². The number of nitrogens with two attached hydrogens (primary N) is 1. The quantitative estimate of drug-likeness (QED) is 0.101. The van der Waals surface area contributed by atoms with Crippen molar-refractivity contribution >= 4 is 32.9 Å². The van der Waals surface area contributed by atoms with Gasteiger partial charge in [-0.25, -0.2) is 0 Å². The third-order valence-corrected chi connectivity index (χ3v) is 13.1. The van der Waals surface area contributed by atoms with Crippen molar-refractivity contribution in [2.45, 2.75) is 122 Å². The molecule has 1 spiro atoms. The van der Waals surface area contributed by atoms with Gasteiger partial charge in [0.15, 0.2) is 0 Å². The molecule has 55 heavy (non-hydrogen) atoms. The van der Waals surface area contributed by atoms with Crippen LogP contribution in [0.25, 0.3) is 21.5 Å². The maximum absolute atomic E-state index is 2.69. The number of benzene rings is 4. The minimum atomic E-state index is 0.110. The van der Waals surface area contributed by atoms with Crippen LogP contribution in [0, 0.1) is 11.8 Å². The van der Waals surface area contributed by atoms with E-state index in [9.17, 15) is 0 Å². The number of rotatable bonds is 14. The maximum atomic E-state index is 2.69. The van der Waals surface area contributed by atoms with Gasteiger partial charge in [0.1, 0.15) is 5.69 Å². The third-order valence-electron chi connectivity index (χ3n) is 13.1. The van der Waals surface area contributed by atoms with E-state index >= 15 is 0 Å². The lowest BCUT2D eigenvalue weighted by Gasteiger charge is -2.38. The Bertz CT molecular complexity index is 2040. The van der Waals surface area contributed by atoms with E-state index in [1.807, 2.05) is 0 Å². The molecule has 4 aromatic carbocycles. The monoisotopic (exact) mass is 732 g/mol. The SMILES string of the molecule is CC(C)CC[NH2+]c1ccc2ccccc2c1C1(C/C=C/C=C/C=C/C=C/C=C2/N(CCC(C)C)c3ccc4ccccc4c3C23CCCCC3)CCCCC1. The van der Waals surface area contributed by atoms with Crippen molar-refractivity contribution in [2.24, 2.45) is 11.8 Å². The second kappa shape index (κ2) is 18.2. The average Bonchev–Trinajstić information content (AvgIpc) is 3.45. The molecule has 0 saturated heterocycles. The Morgan fingerprint density at radius 3 is 1.85 bits per heavy atom. The zero-order chi connectivity index (χ0) is 38.1. The molecule has 0 radical (unpaired) electrons. The molecule has 2 nitrogen and oxygen atoms in total. The van der Waals surface area contributed by atoms with Gasteiger partial charge in [0.05, 0.1) is 6.54 Å². The van der Waals surface area contributed by atoms with Crippen LogP contribution in [0.5, 0.6) is 0 Å². The van der Waals surface area contributed by atoms with Crippen LogP contribution < -0.4 is 10.2 Å². The molecule has 1 aliphatic heterocycles. The van der Waals surface area contributed by atoms with E-state index in [2.05, 4.69) is 165 Å². The molecule has 2 saturated carbocycles. The lowest BCUT2D eigenvalue weighted by molar-refractivity contribution is -0.573. The summed E-state index contributed by atoms with van der Waals surface area (Å²) in [5.41, 5.74) is 7.95. The highest BCUT2D eigenvalue weighted by Gasteiger charge is 2.48. The maximum Gasteiger partial charge on any atom is 0.134 e. The fraction of sp³-hybridized carbons (Fsp3) is 0.434. The second-order valence-corrected chi connectivity index (χ2v) is 17.8. The second-order valence-electron chi connectivity index (χ2n) is 17.8. The average molecular weight is 732 g/mol. The molecule has 0 aromatic heterocycles. The summed E-state index contributed by atoms with van der Waals surface area (Å²) >= 11 is 0. The molecule has 4 aromatic rings. The standard InChI is InChI=1S/C53H66N2/c1-41(2)32-39-54-47-30-28-43-23-14-16-25-45(43)50(47)52(35-19-11-20-36-52)34-18-10-8-6-5-7-9-13-27-49-53(37-21-12-22-38-53)51-46-26-17-15-24-44(46)29-31-48(51)55(49)40-33-42(3)4/h5-10,13-18,23-31,41-42,54H,11-12,19-22,32-40H2,1-4H3/p+1/b7-5+,8-6+,13-9+,18-10+,49-27+. The fourth-order valence-electron chi connectivity index (χ4n) is 10.3. The van der Waals surface area contributed by atoms with E-state index in [0.717, 1.165) is 25.4 Å². The van der Waals surface area contributed by atoms with Gasteiger partial charge in [-0.3, -0.25) is 0 Å². The molecule has 7 rings (SSSR count). The Hall–Kier alpha value is -4.14. The van der Waals surface area contributed by atoms with Gasteiger partial charge < -0.3 is 10.2 Å². The van der Waals surface area contributed by atoms with E-state index in [-0.39, 0.29) is 10.8 Å². The van der Waals surface area contributed by atoms with E-state index in [1.165, 1.54) is 116 Å². The first-order valence-electron chi connectivity index (χ1n) is 21.9. The Morgan fingerprint density at radius 1 is 0.600 bits per heavy atom. The van der Waals surface area contributed by atoms with Crippen LogP contribution in [0.1, 0.15) is 122 Å². The molecule has 0 atom stereocenters. The molecular weight excluding hydrogens is 665 g/mol. The van der Waals surface area contributed by atoms with Gasteiger partial charge in [0.2, 0.25) is 0 Å².